The molecule has 0 aromatic carbocycles. The predicted octanol–water partition coefficient (Wildman–Crippen LogP) is 3.30. The lowest BCUT2D eigenvalue weighted by molar-refractivity contribution is -0.137. The molecule has 6 nitrogen and oxygen atoms in total. The van der Waals surface area contributed by atoms with E-state index in [1.54, 1.807) is 26.0 Å². The van der Waals surface area contributed by atoms with Gasteiger partial charge in [0.25, 0.3) is 0 Å². The first-order valence-corrected chi connectivity index (χ1v) is 7.37. The van der Waals surface area contributed by atoms with Crippen LogP contribution in [-0.4, -0.2) is 32.2 Å². The summed E-state index contributed by atoms with van der Waals surface area (Å²) in [6, 6.07) is 4.20. The van der Waals surface area contributed by atoms with Crippen LogP contribution in [0.3, 0.4) is 0 Å². The van der Waals surface area contributed by atoms with Crippen molar-refractivity contribution < 1.29 is 22.7 Å². The molecule has 0 bridgehead atoms. The van der Waals surface area contributed by atoms with Gasteiger partial charge in [-0.05, 0) is 32.0 Å². The molecule has 0 radical (unpaired) electrons. The Hall–Kier alpha value is -2.97. The first kappa shape index (κ1) is 16.9. The number of aromatic nitrogens is 4. The number of hydrogen-bond donors (Lipinski definition) is 0. The lowest BCUT2D eigenvalue weighted by atomic mass is 10.1. The summed E-state index contributed by atoms with van der Waals surface area (Å²) in [7, 11) is 0. The van der Waals surface area contributed by atoms with Gasteiger partial charge in [0.15, 0.2) is 11.3 Å². The second-order valence-corrected chi connectivity index (χ2v) is 5.23. The van der Waals surface area contributed by atoms with E-state index in [0.717, 1.165) is 6.07 Å². The van der Waals surface area contributed by atoms with Gasteiger partial charge >= 0.3 is 12.1 Å². The number of halogens is 3. The maximum Gasteiger partial charge on any atom is 0.417 e. The van der Waals surface area contributed by atoms with E-state index in [9.17, 15) is 18.0 Å². The van der Waals surface area contributed by atoms with Crippen molar-refractivity contribution in [1.82, 2.24) is 19.6 Å². The van der Waals surface area contributed by atoms with E-state index in [0.29, 0.717) is 17.5 Å². The number of aryl methyl sites for hydroxylation is 1. The van der Waals surface area contributed by atoms with Crippen molar-refractivity contribution in [3.63, 3.8) is 0 Å². The first-order valence-electron chi connectivity index (χ1n) is 7.37. The van der Waals surface area contributed by atoms with Crippen molar-refractivity contribution in [2.75, 3.05) is 6.61 Å². The minimum atomic E-state index is -4.55. The molecular formula is C16H13F3N4O2. The maximum absolute atomic E-state index is 13.0. The summed E-state index contributed by atoms with van der Waals surface area (Å²) in [6.45, 7) is 3.46. The first-order chi connectivity index (χ1) is 11.8. The number of esters is 1. The van der Waals surface area contributed by atoms with Crippen LogP contribution in [0.2, 0.25) is 0 Å². The standard InChI is InChI=1S/C16H13F3N4O2/c1-3-25-15(24)14-13(21-12-5-4-9(2)22-23(12)14)10-6-11(8-20-7-10)16(17,18)19/h4-8H,3H2,1-2H3. The van der Waals surface area contributed by atoms with Crippen molar-refractivity contribution in [3.8, 4) is 11.3 Å². The molecule has 130 valence electrons. The van der Waals surface area contributed by atoms with Gasteiger partial charge in [-0.15, -0.1) is 0 Å². The van der Waals surface area contributed by atoms with Crippen molar-refractivity contribution in [2.24, 2.45) is 0 Å². The predicted molar refractivity (Wildman–Crippen MR) is 81.9 cm³/mol. The Kier molecular flexibility index (Phi) is 4.15. The second-order valence-electron chi connectivity index (χ2n) is 5.23. The summed E-state index contributed by atoms with van der Waals surface area (Å²) in [5.41, 5.74) is 0.0593. The van der Waals surface area contributed by atoms with E-state index >= 15 is 0 Å². The van der Waals surface area contributed by atoms with Gasteiger partial charge < -0.3 is 4.74 Å². The average molecular weight is 350 g/mol. The van der Waals surface area contributed by atoms with Gasteiger partial charge in [-0.3, -0.25) is 4.98 Å². The molecule has 0 atom stereocenters. The summed E-state index contributed by atoms with van der Waals surface area (Å²) in [6.07, 6.45) is -2.63. The third-order valence-corrected chi connectivity index (χ3v) is 3.42. The monoisotopic (exact) mass is 350 g/mol. The Labute approximate surface area is 140 Å². The van der Waals surface area contributed by atoms with Gasteiger partial charge in [0.05, 0.1) is 17.9 Å². The van der Waals surface area contributed by atoms with Crippen LogP contribution in [0, 0.1) is 6.92 Å². The molecule has 0 aliphatic carbocycles. The van der Waals surface area contributed by atoms with Gasteiger partial charge in [0, 0.05) is 18.0 Å². The molecule has 0 saturated carbocycles. The number of ether oxygens (including phenoxy) is 1. The van der Waals surface area contributed by atoms with Crippen molar-refractivity contribution in [2.45, 2.75) is 20.0 Å². The molecule has 0 saturated heterocycles. The van der Waals surface area contributed by atoms with E-state index in [-0.39, 0.29) is 23.6 Å². The highest BCUT2D eigenvalue weighted by Gasteiger charge is 2.32. The van der Waals surface area contributed by atoms with E-state index < -0.39 is 17.7 Å². The number of nitrogens with zero attached hydrogens (tertiary/aromatic N) is 4. The average Bonchev–Trinajstić information content (AvgIpc) is 2.93. The fourth-order valence-electron chi connectivity index (χ4n) is 2.33. The number of hydrogen-bond acceptors (Lipinski definition) is 5. The lowest BCUT2D eigenvalue weighted by Crippen LogP contribution is -2.12. The largest absolute Gasteiger partial charge is 0.461 e. The number of pyridine rings is 1. The number of imidazole rings is 1. The summed E-state index contributed by atoms with van der Waals surface area (Å²) < 4.78 is 45.1. The zero-order valence-electron chi connectivity index (χ0n) is 13.3. The number of fused-ring (bicyclic) bond motifs is 1. The highest BCUT2D eigenvalue weighted by atomic mass is 19.4. The molecule has 0 aliphatic heterocycles. The topological polar surface area (TPSA) is 69.4 Å². The summed E-state index contributed by atoms with van der Waals surface area (Å²) >= 11 is 0. The molecule has 0 spiro atoms. The van der Waals surface area contributed by atoms with Crippen LogP contribution < -0.4 is 0 Å². The minimum absolute atomic E-state index is 0.0372. The number of carbonyl (C=O) groups is 1. The second kappa shape index (κ2) is 6.15. The van der Waals surface area contributed by atoms with E-state index in [1.165, 1.54) is 10.7 Å². The molecular weight excluding hydrogens is 337 g/mol. The fourth-order valence-corrected chi connectivity index (χ4v) is 2.33. The highest BCUT2D eigenvalue weighted by molar-refractivity contribution is 5.95. The quantitative estimate of drug-likeness (QED) is 0.678. The van der Waals surface area contributed by atoms with E-state index in [2.05, 4.69) is 15.1 Å². The smallest absolute Gasteiger partial charge is 0.417 e. The normalized spacial score (nSPS) is 11.7. The third kappa shape index (κ3) is 3.17. The van der Waals surface area contributed by atoms with Gasteiger partial charge in [0.2, 0.25) is 0 Å². The fraction of sp³-hybridized carbons (Fsp3) is 0.250. The molecule has 0 aliphatic rings. The van der Waals surface area contributed by atoms with Crippen molar-refractivity contribution >= 4 is 11.6 Å². The molecule has 3 aromatic rings. The van der Waals surface area contributed by atoms with Crippen LogP contribution in [0.4, 0.5) is 13.2 Å². The zero-order chi connectivity index (χ0) is 18.2. The number of carbonyl (C=O) groups excluding carboxylic acids is 1. The Bertz CT molecular complexity index is 950. The summed E-state index contributed by atoms with van der Waals surface area (Å²) in [5, 5.41) is 4.21. The van der Waals surface area contributed by atoms with E-state index in [4.69, 9.17) is 4.74 Å². The van der Waals surface area contributed by atoms with Gasteiger partial charge in [-0.2, -0.15) is 18.3 Å². The van der Waals surface area contributed by atoms with Gasteiger partial charge in [0.1, 0.15) is 5.69 Å². The SMILES string of the molecule is CCOC(=O)c1c(-c2cncc(C(F)(F)F)c2)nc2ccc(C)nn12. The summed E-state index contributed by atoms with van der Waals surface area (Å²) in [4.78, 5) is 20.2. The molecule has 3 rings (SSSR count). The van der Waals surface area contributed by atoms with Gasteiger partial charge in [-0.1, -0.05) is 0 Å². The third-order valence-electron chi connectivity index (χ3n) is 3.42. The molecule has 3 heterocycles. The van der Waals surface area contributed by atoms with Crippen LogP contribution in [0.25, 0.3) is 16.9 Å². The summed E-state index contributed by atoms with van der Waals surface area (Å²) in [5.74, 6) is -0.722. The Morgan fingerprint density at radius 1 is 1.28 bits per heavy atom. The van der Waals surface area contributed by atoms with Crippen LogP contribution in [0.1, 0.15) is 28.7 Å². The molecule has 3 aromatic heterocycles. The van der Waals surface area contributed by atoms with Crippen LogP contribution in [-0.2, 0) is 10.9 Å². The molecule has 0 N–H and O–H groups in total. The lowest BCUT2D eigenvalue weighted by Gasteiger charge is -2.08. The number of rotatable bonds is 3. The van der Waals surface area contributed by atoms with Crippen molar-refractivity contribution in [1.29, 1.82) is 0 Å². The molecule has 0 amide bonds. The Morgan fingerprint density at radius 2 is 2.04 bits per heavy atom. The Balaban J connectivity index is 2.25. The van der Waals surface area contributed by atoms with Gasteiger partial charge in [-0.25, -0.2) is 14.3 Å². The number of alkyl halides is 3. The maximum atomic E-state index is 13.0. The van der Waals surface area contributed by atoms with E-state index in [1.807, 2.05) is 0 Å². The highest BCUT2D eigenvalue weighted by Crippen LogP contribution is 2.32. The van der Waals surface area contributed by atoms with Crippen LogP contribution in [0.15, 0.2) is 30.6 Å². The molecule has 0 fully saturated rings. The minimum Gasteiger partial charge on any atom is -0.461 e. The van der Waals surface area contributed by atoms with Crippen molar-refractivity contribution in [3.05, 3.63) is 47.5 Å². The molecule has 9 heteroatoms. The zero-order valence-corrected chi connectivity index (χ0v) is 13.3. The van der Waals surface area contributed by atoms with Crippen LogP contribution >= 0.6 is 0 Å². The Morgan fingerprint density at radius 3 is 2.72 bits per heavy atom. The van der Waals surface area contributed by atoms with Crippen LogP contribution in [0.5, 0.6) is 0 Å². The molecule has 0 unspecified atom stereocenters. The molecule has 25 heavy (non-hydrogen) atoms.